The second kappa shape index (κ2) is 8.47. The Bertz CT molecular complexity index is 1330. The summed E-state index contributed by atoms with van der Waals surface area (Å²) in [4.78, 5) is 5.91. The monoisotopic (exact) mass is 490 g/mol. The summed E-state index contributed by atoms with van der Waals surface area (Å²) in [6.45, 7) is 3.78. The van der Waals surface area contributed by atoms with Crippen LogP contribution in [0.15, 0.2) is 52.9 Å². The minimum atomic E-state index is -2.53. The van der Waals surface area contributed by atoms with Gasteiger partial charge in [-0.25, -0.2) is 8.78 Å². The number of piperidine rings is 1. The van der Waals surface area contributed by atoms with E-state index < -0.39 is 5.92 Å². The lowest BCUT2D eigenvalue weighted by Gasteiger charge is -2.54. The predicted octanol–water partition coefficient (Wildman–Crippen LogP) is 6.76. The van der Waals surface area contributed by atoms with Gasteiger partial charge >= 0.3 is 0 Å². The second-order valence-corrected chi connectivity index (χ2v) is 11.2. The number of benzene rings is 2. The molecule has 1 aliphatic heterocycles. The fourth-order valence-electron chi connectivity index (χ4n) is 6.68. The molecule has 188 valence electrons. The first kappa shape index (κ1) is 23.3. The summed E-state index contributed by atoms with van der Waals surface area (Å²) in [6.07, 6.45) is 6.01. The van der Waals surface area contributed by atoms with Crippen LogP contribution < -0.4 is 5.73 Å². The maximum absolute atomic E-state index is 14.0. The highest BCUT2D eigenvalue weighted by Crippen LogP contribution is 2.60. The van der Waals surface area contributed by atoms with E-state index in [9.17, 15) is 8.78 Å². The van der Waals surface area contributed by atoms with E-state index in [-0.39, 0.29) is 30.1 Å². The van der Waals surface area contributed by atoms with Crippen molar-refractivity contribution in [3.8, 4) is 0 Å². The topological polar surface area (TPSA) is 93.6 Å². The zero-order valence-electron chi connectivity index (χ0n) is 20.5. The zero-order chi connectivity index (χ0) is 25.1. The lowest BCUT2D eigenvalue weighted by Crippen LogP contribution is -2.53. The summed E-state index contributed by atoms with van der Waals surface area (Å²) < 4.78 is 28.0. The average Bonchev–Trinajstić information content (AvgIpc) is 3.56. The standard InChI is InChI=1S/C28H32F2N6/c1-17-12-22(18-2-3-18)23(21-8-10-33-25(17)21)14-36-11-9-27(15-28(29,30)16-27)13-24(36)19-4-6-20(7-5-19)26(31)34-35-32/h4-8,10,12,18,24,33H,2-3,9,11,13-16H2,1H3,(H3,31,32,34)/t24-/m0/s1. The number of nitrogens with one attached hydrogen (secondary N) is 2. The number of amidine groups is 1. The van der Waals surface area contributed by atoms with Crippen molar-refractivity contribution in [1.82, 2.24) is 9.88 Å². The van der Waals surface area contributed by atoms with Crippen molar-refractivity contribution in [2.45, 2.75) is 69.9 Å². The molecular weight excluding hydrogens is 458 g/mol. The normalized spacial score (nSPS) is 23.6. The minimum absolute atomic E-state index is 0.00700. The third kappa shape index (κ3) is 4.11. The van der Waals surface area contributed by atoms with Crippen LogP contribution in [0.3, 0.4) is 0 Å². The van der Waals surface area contributed by atoms with Gasteiger partial charge in [0.1, 0.15) is 0 Å². The number of alkyl halides is 2. The molecule has 1 aromatic heterocycles. The summed E-state index contributed by atoms with van der Waals surface area (Å²) >= 11 is 0. The van der Waals surface area contributed by atoms with Crippen LogP contribution in [0.2, 0.25) is 0 Å². The van der Waals surface area contributed by atoms with Crippen LogP contribution in [0.1, 0.15) is 78.3 Å². The van der Waals surface area contributed by atoms with Gasteiger partial charge in [0.2, 0.25) is 5.92 Å². The zero-order valence-corrected chi connectivity index (χ0v) is 20.5. The van der Waals surface area contributed by atoms with Crippen molar-refractivity contribution in [2.75, 3.05) is 6.54 Å². The van der Waals surface area contributed by atoms with Gasteiger partial charge in [-0.2, -0.15) is 5.53 Å². The Kier molecular flexibility index (Phi) is 5.48. The van der Waals surface area contributed by atoms with E-state index >= 15 is 0 Å². The number of aromatic nitrogens is 1. The summed E-state index contributed by atoms with van der Waals surface area (Å²) in [6, 6.07) is 12.4. The maximum atomic E-state index is 14.0. The SMILES string of the molecule is Cc1cc(C2CC2)c(CN2CCC3(C[C@H]2c2ccc(C(N)=NN=N)cc2)CC(F)(F)C3)c2cc[nH]c12. The van der Waals surface area contributed by atoms with E-state index in [2.05, 4.69) is 39.3 Å². The Morgan fingerprint density at radius 3 is 2.61 bits per heavy atom. The van der Waals surface area contributed by atoms with Crippen LogP contribution in [-0.2, 0) is 6.54 Å². The van der Waals surface area contributed by atoms with Gasteiger partial charge in [-0.1, -0.05) is 35.6 Å². The molecule has 0 amide bonds. The molecule has 36 heavy (non-hydrogen) atoms. The van der Waals surface area contributed by atoms with E-state index in [0.29, 0.717) is 11.5 Å². The molecule has 4 N–H and O–H groups in total. The molecule has 1 spiro atoms. The van der Waals surface area contributed by atoms with Gasteiger partial charge in [0, 0.05) is 48.1 Å². The van der Waals surface area contributed by atoms with Gasteiger partial charge in [0.25, 0.3) is 0 Å². The van der Waals surface area contributed by atoms with E-state index in [4.69, 9.17) is 11.3 Å². The van der Waals surface area contributed by atoms with Crippen molar-refractivity contribution in [2.24, 2.45) is 21.5 Å². The van der Waals surface area contributed by atoms with Crippen LogP contribution >= 0.6 is 0 Å². The van der Waals surface area contributed by atoms with E-state index in [1.165, 1.54) is 40.4 Å². The quantitative estimate of drug-likeness (QED) is 0.154. The first-order chi connectivity index (χ1) is 17.3. The summed E-state index contributed by atoms with van der Waals surface area (Å²) in [7, 11) is 0. The molecule has 3 aliphatic rings. The third-order valence-corrected chi connectivity index (χ3v) is 8.58. The summed E-state index contributed by atoms with van der Waals surface area (Å²) in [5.74, 6) is -1.72. The summed E-state index contributed by atoms with van der Waals surface area (Å²) in [5.41, 5.74) is 19.6. The Morgan fingerprint density at radius 1 is 1.19 bits per heavy atom. The van der Waals surface area contributed by atoms with Crippen molar-refractivity contribution in [1.29, 1.82) is 5.53 Å². The number of aromatic amines is 1. The minimum Gasteiger partial charge on any atom is -0.382 e. The number of nitrogens with zero attached hydrogens (tertiary/aromatic N) is 3. The second-order valence-electron chi connectivity index (χ2n) is 11.2. The fraction of sp³-hybridized carbons (Fsp3) is 0.464. The van der Waals surface area contributed by atoms with Crippen LogP contribution in [0.5, 0.6) is 0 Å². The molecule has 0 radical (unpaired) electrons. The first-order valence-corrected chi connectivity index (χ1v) is 12.8. The molecule has 1 saturated heterocycles. The largest absolute Gasteiger partial charge is 0.382 e. The number of nitrogens with two attached hydrogens (primary N) is 1. The van der Waals surface area contributed by atoms with Gasteiger partial charge in [-0.3, -0.25) is 4.90 Å². The van der Waals surface area contributed by atoms with Crippen LogP contribution in [0, 0.1) is 17.9 Å². The molecule has 2 heterocycles. The number of rotatable bonds is 6. The molecule has 3 fully saturated rings. The molecule has 6 rings (SSSR count). The molecule has 2 aliphatic carbocycles. The molecule has 6 nitrogen and oxygen atoms in total. The van der Waals surface area contributed by atoms with Crippen LogP contribution in [-0.4, -0.2) is 28.2 Å². The van der Waals surface area contributed by atoms with Crippen LogP contribution in [0.4, 0.5) is 8.78 Å². The van der Waals surface area contributed by atoms with E-state index in [1.54, 1.807) is 0 Å². The van der Waals surface area contributed by atoms with Gasteiger partial charge in [0.15, 0.2) is 5.84 Å². The Morgan fingerprint density at radius 2 is 1.94 bits per heavy atom. The Labute approximate surface area is 209 Å². The number of fused-ring (bicyclic) bond motifs is 1. The Hall–Kier alpha value is -3.13. The van der Waals surface area contributed by atoms with Gasteiger partial charge in [0.05, 0.1) is 0 Å². The van der Waals surface area contributed by atoms with Crippen molar-refractivity contribution in [3.63, 3.8) is 0 Å². The van der Waals surface area contributed by atoms with Gasteiger partial charge in [-0.05, 0) is 78.8 Å². The summed E-state index contributed by atoms with van der Waals surface area (Å²) in [5, 5.41) is 7.92. The number of aryl methyl sites for hydroxylation is 1. The Balaban J connectivity index is 1.36. The van der Waals surface area contributed by atoms with Crippen molar-refractivity contribution in [3.05, 3.63) is 70.4 Å². The molecule has 1 atom stereocenters. The number of halogens is 2. The number of likely N-dealkylation sites (tertiary alicyclic amines) is 1. The van der Waals surface area contributed by atoms with Gasteiger partial charge < -0.3 is 10.7 Å². The lowest BCUT2D eigenvalue weighted by molar-refractivity contribution is -0.186. The molecule has 2 saturated carbocycles. The van der Waals surface area contributed by atoms with Gasteiger partial charge in [-0.15, -0.1) is 5.10 Å². The number of H-pyrrole nitrogens is 1. The smallest absolute Gasteiger partial charge is 0.249 e. The molecule has 8 heteroatoms. The van der Waals surface area contributed by atoms with Crippen molar-refractivity contribution >= 4 is 16.7 Å². The number of hydrogen-bond donors (Lipinski definition) is 3. The van der Waals surface area contributed by atoms with E-state index in [1.807, 2.05) is 30.5 Å². The highest BCUT2D eigenvalue weighted by Gasteiger charge is 2.58. The molecule has 0 bridgehead atoms. The van der Waals surface area contributed by atoms with E-state index in [0.717, 1.165) is 31.5 Å². The highest BCUT2D eigenvalue weighted by atomic mass is 19.3. The fourth-order valence-corrected chi connectivity index (χ4v) is 6.68. The molecular formula is C28H32F2N6. The number of hydrogen-bond acceptors (Lipinski definition) is 3. The maximum Gasteiger partial charge on any atom is 0.249 e. The van der Waals surface area contributed by atoms with Crippen molar-refractivity contribution < 1.29 is 8.78 Å². The predicted molar refractivity (Wildman–Crippen MR) is 136 cm³/mol. The van der Waals surface area contributed by atoms with Crippen LogP contribution in [0.25, 0.3) is 10.9 Å². The first-order valence-electron chi connectivity index (χ1n) is 12.8. The molecule has 2 aromatic carbocycles. The average molecular weight is 491 g/mol. The lowest BCUT2D eigenvalue weighted by atomic mass is 9.59. The third-order valence-electron chi connectivity index (χ3n) is 8.58. The molecule has 0 unspecified atom stereocenters. The highest BCUT2D eigenvalue weighted by molar-refractivity contribution is 5.97. The molecule has 3 aromatic rings.